The normalized spacial score (nSPS) is 19.5. The Kier molecular flexibility index (Phi) is 4.91. The van der Waals surface area contributed by atoms with Gasteiger partial charge in [0.25, 0.3) is 0 Å². The van der Waals surface area contributed by atoms with Gasteiger partial charge in [-0.1, -0.05) is 59.2 Å². The van der Waals surface area contributed by atoms with Crippen LogP contribution in [0.3, 0.4) is 0 Å². The second-order valence-electron chi connectivity index (χ2n) is 7.97. The van der Waals surface area contributed by atoms with Gasteiger partial charge in [-0.15, -0.1) is 0 Å². The molecule has 0 amide bonds. The van der Waals surface area contributed by atoms with E-state index < -0.39 is 0 Å². The average Bonchev–Trinajstić information content (AvgIpc) is 3.16. The minimum Gasteiger partial charge on any atom is -0.378 e. The van der Waals surface area contributed by atoms with E-state index in [-0.39, 0.29) is 12.3 Å². The minimum absolute atomic E-state index is 0.267. The number of rotatable bonds is 3. The molecule has 3 aromatic rings. The lowest BCUT2D eigenvalue weighted by Crippen LogP contribution is -2.41. The van der Waals surface area contributed by atoms with Crippen molar-refractivity contribution in [1.82, 2.24) is 0 Å². The Morgan fingerprint density at radius 3 is 2.39 bits per heavy atom. The topological polar surface area (TPSA) is 40.4 Å². The van der Waals surface area contributed by atoms with Gasteiger partial charge in [-0.25, -0.2) is 0 Å². The van der Waals surface area contributed by atoms with Gasteiger partial charge < -0.3 is 14.6 Å². The molecule has 156 valence electrons. The Labute approximate surface area is 187 Å². The number of oxime groups is 1. The molecule has 0 saturated carbocycles. The van der Waals surface area contributed by atoms with E-state index in [2.05, 4.69) is 51.4 Å². The number of benzene rings is 3. The first-order chi connectivity index (χ1) is 15.0. The molecule has 5 nitrogen and oxygen atoms in total. The van der Waals surface area contributed by atoms with Crippen molar-refractivity contribution in [3.63, 3.8) is 0 Å². The summed E-state index contributed by atoms with van der Waals surface area (Å²) in [5.41, 5.74) is 6.89. The molecule has 0 bridgehead atoms. The van der Waals surface area contributed by atoms with Crippen molar-refractivity contribution in [2.24, 2.45) is 10.1 Å². The largest absolute Gasteiger partial charge is 0.378 e. The second kappa shape index (κ2) is 7.75. The number of nitrogens with zero attached hydrogens (tertiary/aromatic N) is 4. The summed E-state index contributed by atoms with van der Waals surface area (Å²) in [6.45, 7) is 0. The van der Waals surface area contributed by atoms with Gasteiger partial charge in [-0.3, -0.25) is 4.99 Å². The van der Waals surface area contributed by atoms with Crippen LogP contribution < -0.4 is 9.80 Å². The van der Waals surface area contributed by atoms with Crippen molar-refractivity contribution in [2.75, 3.05) is 30.9 Å². The summed E-state index contributed by atoms with van der Waals surface area (Å²) < 4.78 is 0. The molecule has 0 radical (unpaired) electrons. The second-order valence-corrected chi connectivity index (χ2v) is 8.41. The van der Waals surface area contributed by atoms with E-state index in [1.165, 1.54) is 0 Å². The predicted molar refractivity (Wildman–Crippen MR) is 128 cm³/mol. The van der Waals surface area contributed by atoms with Crippen LogP contribution in [-0.2, 0) is 4.84 Å². The quantitative estimate of drug-likeness (QED) is 0.598. The first-order valence-corrected chi connectivity index (χ1v) is 10.6. The molecular formula is C25H23ClN4O. The fourth-order valence-corrected chi connectivity index (χ4v) is 4.27. The van der Waals surface area contributed by atoms with Gasteiger partial charge in [0.2, 0.25) is 6.23 Å². The Morgan fingerprint density at radius 1 is 0.935 bits per heavy atom. The first-order valence-electron chi connectivity index (χ1n) is 10.2. The van der Waals surface area contributed by atoms with Crippen molar-refractivity contribution >= 4 is 34.4 Å². The predicted octanol–water partition coefficient (Wildman–Crippen LogP) is 4.82. The SMILES string of the molecule is CN(C)c1ccc(C2=NOC3C2N=C(c2ccccc2)c2cc(Cl)ccc2N3C)cc1. The molecule has 0 N–H and O–H groups in total. The summed E-state index contributed by atoms with van der Waals surface area (Å²) in [6, 6.07) is 24.1. The van der Waals surface area contributed by atoms with Gasteiger partial charge >= 0.3 is 0 Å². The molecule has 0 aromatic heterocycles. The molecule has 2 unspecified atom stereocenters. The van der Waals surface area contributed by atoms with Crippen LogP contribution in [0.25, 0.3) is 0 Å². The smallest absolute Gasteiger partial charge is 0.228 e. The molecule has 2 aliphatic heterocycles. The van der Waals surface area contributed by atoms with Gasteiger partial charge in [-0.05, 0) is 30.3 Å². The molecule has 2 heterocycles. The Bertz CT molecular complexity index is 1170. The Balaban J connectivity index is 1.64. The lowest BCUT2D eigenvalue weighted by atomic mass is 10.00. The number of hydrogen-bond donors (Lipinski definition) is 0. The highest BCUT2D eigenvalue weighted by Crippen LogP contribution is 2.35. The van der Waals surface area contributed by atoms with Crippen LogP contribution in [0.4, 0.5) is 11.4 Å². The zero-order valence-corrected chi connectivity index (χ0v) is 18.4. The van der Waals surface area contributed by atoms with E-state index in [9.17, 15) is 0 Å². The summed E-state index contributed by atoms with van der Waals surface area (Å²) >= 11 is 6.38. The Hall–Kier alpha value is -3.31. The third-order valence-electron chi connectivity index (χ3n) is 5.78. The zero-order chi connectivity index (χ0) is 21.5. The highest BCUT2D eigenvalue weighted by molar-refractivity contribution is 6.31. The molecule has 0 saturated heterocycles. The maximum absolute atomic E-state index is 6.38. The number of aliphatic imine (C=N–C) groups is 1. The number of hydrogen-bond acceptors (Lipinski definition) is 5. The number of halogens is 1. The summed E-state index contributed by atoms with van der Waals surface area (Å²) in [6.07, 6.45) is -0.329. The zero-order valence-electron chi connectivity index (χ0n) is 17.7. The highest BCUT2D eigenvalue weighted by atomic mass is 35.5. The van der Waals surface area contributed by atoms with Crippen LogP contribution >= 0.6 is 11.6 Å². The summed E-state index contributed by atoms with van der Waals surface area (Å²) in [4.78, 5) is 15.3. The van der Waals surface area contributed by atoms with Crippen molar-refractivity contribution < 1.29 is 4.84 Å². The lowest BCUT2D eigenvalue weighted by Gasteiger charge is -2.26. The van der Waals surface area contributed by atoms with E-state index in [0.717, 1.165) is 39.5 Å². The van der Waals surface area contributed by atoms with Gasteiger partial charge in [0, 0.05) is 54.2 Å². The summed E-state index contributed by atoms with van der Waals surface area (Å²) in [7, 11) is 6.07. The van der Waals surface area contributed by atoms with Crippen LogP contribution in [0.5, 0.6) is 0 Å². The van der Waals surface area contributed by atoms with Gasteiger partial charge in [0.1, 0.15) is 5.71 Å². The van der Waals surface area contributed by atoms with Crippen molar-refractivity contribution in [1.29, 1.82) is 0 Å². The number of anilines is 2. The van der Waals surface area contributed by atoms with Gasteiger partial charge in [0.15, 0.2) is 6.04 Å². The van der Waals surface area contributed by atoms with Crippen molar-refractivity contribution in [3.05, 3.63) is 94.5 Å². The van der Waals surface area contributed by atoms with Crippen molar-refractivity contribution in [3.8, 4) is 0 Å². The number of fused-ring (bicyclic) bond motifs is 2. The van der Waals surface area contributed by atoms with E-state index >= 15 is 0 Å². The summed E-state index contributed by atoms with van der Waals surface area (Å²) in [5, 5.41) is 5.14. The fraction of sp³-hybridized carbons (Fsp3) is 0.200. The van der Waals surface area contributed by atoms with Gasteiger partial charge in [0.05, 0.1) is 5.71 Å². The molecule has 6 heteroatoms. The third kappa shape index (κ3) is 3.45. The molecule has 0 fully saturated rings. The molecule has 0 spiro atoms. The highest BCUT2D eigenvalue weighted by Gasteiger charge is 2.41. The monoisotopic (exact) mass is 430 g/mol. The van der Waals surface area contributed by atoms with E-state index in [1.807, 2.05) is 57.5 Å². The van der Waals surface area contributed by atoms with Crippen LogP contribution in [0, 0.1) is 0 Å². The molecule has 5 rings (SSSR count). The lowest BCUT2D eigenvalue weighted by molar-refractivity contribution is 0.0790. The standard InChI is InChI=1S/C25H23ClN4O/c1-29(2)19-12-9-17(10-13-19)23-24-25(31-28-23)30(3)21-14-11-18(26)15-20(21)22(27-24)16-7-5-4-6-8-16/h4-15,24-25H,1-3H3. The first kappa shape index (κ1) is 19.6. The van der Waals surface area contributed by atoms with Crippen molar-refractivity contribution in [2.45, 2.75) is 12.3 Å². The molecule has 0 aliphatic carbocycles. The molecule has 3 aromatic carbocycles. The number of likely N-dealkylation sites (N-methyl/N-ethyl adjacent to an activating group) is 1. The molecule has 2 aliphatic rings. The fourth-order valence-electron chi connectivity index (χ4n) is 4.10. The maximum atomic E-state index is 6.38. The third-order valence-corrected chi connectivity index (χ3v) is 6.01. The van der Waals surface area contributed by atoms with Crippen LogP contribution in [0.2, 0.25) is 5.02 Å². The molecule has 2 atom stereocenters. The van der Waals surface area contributed by atoms with Gasteiger partial charge in [-0.2, -0.15) is 0 Å². The minimum atomic E-state index is -0.329. The van der Waals surface area contributed by atoms with E-state index in [4.69, 9.17) is 21.4 Å². The summed E-state index contributed by atoms with van der Waals surface area (Å²) in [5.74, 6) is 0. The van der Waals surface area contributed by atoms with Crippen LogP contribution in [0.15, 0.2) is 82.9 Å². The van der Waals surface area contributed by atoms with E-state index in [1.54, 1.807) is 0 Å². The van der Waals surface area contributed by atoms with Crippen LogP contribution in [-0.4, -0.2) is 44.8 Å². The molecular weight excluding hydrogens is 408 g/mol. The Morgan fingerprint density at radius 2 is 1.68 bits per heavy atom. The van der Waals surface area contributed by atoms with E-state index in [0.29, 0.717) is 5.02 Å². The maximum Gasteiger partial charge on any atom is 0.228 e. The molecule has 31 heavy (non-hydrogen) atoms. The average molecular weight is 431 g/mol. The van der Waals surface area contributed by atoms with Crippen LogP contribution in [0.1, 0.15) is 16.7 Å².